The van der Waals surface area contributed by atoms with Crippen LogP contribution in [0.1, 0.15) is 39.5 Å². The molecule has 0 N–H and O–H groups in total. The largest absolute Gasteiger partial charge is 0.373 e. The van der Waals surface area contributed by atoms with Gasteiger partial charge in [-0.05, 0) is 12.8 Å². The lowest BCUT2D eigenvalue weighted by Gasteiger charge is -2.34. The van der Waals surface area contributed by atoms with Crippen LogP contribution in [0.2, 0.25) is 0 Å². The maximum absolute atomic E-state index is 12.3. The summed E-state index contributed by atoms with van der Waals surface area (Å²) in [6.07, 6.45) is 4.24. The van der Waals surface area contributed by atoms with Gasteiger partial charge in [0.1, 0.15) is 0 Å². The molecule has 1 saturated heterocycles. The third-order valence-corrected chi connectivity index (χ3v) is 3.71. The molecular formula is C13H24ClNO2. The molecule has 0 radical (unpaired) electrons. The molecular weight excluding hydrogens is 238 g/mol. The molecule has 0 spiro atoms. The van der Waals surface area contributed by atoms with Crippen molar-refractivity contribution in [3.63, 3.8) is 0 Å². The van der Waals surface area contributed by atoms with Crippen LogP contribution in [-0.2, 0) is 9.53 Å². The summed E-state index contributed by atoms with van der Waals surface area (Å²) in [4.78, 5) is 14.3. The zero-order chi connectivity index (χ0) is 12.7. The molecule has 0 saturated carbocycles. The maximum atomic E-state index is 12.3. The van der Waals surface area contributed by atoms with Gasteiger partial charge in [0, 0.05) is 19.0 Å². The number of hydrogen-bond donors (Lipinski definition) is 0. The van der Waals surface area contributed by atoms with Gasteiger partial charge >= 0.3 is 0 Å². The predicted molar refractivity (Wildman–Crippen MR) is 70.3 cm³/mol. The number of unbranched alkanes of at least 4 members (excludes halogenated alkanes) is 1. The lowest BCUT2D eigenvalue weighted by atomic mass is 9.97. The Hall–Kier alpha value is -0.280. The third kappa shape index (κ3) is 4.47. The van der Waals surface area contributed by atoms with Gasteiger partial charge < -0.3 is 9.64 Å². The monoisotopic (exact) mass is 261 g/mol. The zero-order valence-corrected chi connectivity index (χ0v) is 11.7. The number of morpholine rings is 1. The third-order valence-electron chi connectivity index (χ3n) is 3.37. The molecule has 1 amide bonds. The number of hydrogen-bond acceptors (Lipinski definition) is 2. The quantitative estimate of drug-likeness (QED) is 0.688. The van der Waals surface area contributed by atoms with Crippen LogP contribution in [0.3, 0.4) is 0 Å². The van der Waals surface area contributed by atoms with Gasteiger partial charge in [0.05, 0.1) is 18.6 Å². The average Bonchev–Trinajstić information content (AvgIpc) is 2.39. The van der Waals surface area contributed by atoms with Crippen molar-refractivity contribution < 1.29 is 9.53 Å². The zero-order valence-electron chi connectivity index (χ0n) is 11.0. The molecule has 1 fully saturated rings. The van der Waals surface area contributed by atoms with Gasteiger partial charge in [-0.2, -0.15) is 0 Å². The van der Waals surface area contributed by atoms with Crippen molar-refractivity contribution >= 4 is 17.5 Å². The normalized spacial score (nSPS) is 22.5. The van der Waals surface area contributed by atoms with Crippen molar-refractivity contribution in [3.8, 4) is 0 Å². The summed E-state index contributed by atoms with van der Waals surface area (Å²) in [7, 11) is 0. The van der Waals surface area contributed by atoms with Crippen LogP contribution < -0.4 is 0 Å². The van der Waals surface area contributed by atoms with Crippen molar-refractivity contribution in [2.45, 2.75) is 45.6 Å². The molecule has 1 aliphatic rings. The minimum Gasteiger partial charge on any atom is -0.373 e. The topological polar surface area (TPSA) is 29.5 Å². The van der Waals surface area contributed by atoms with Crippen molar-refractivity contribution in [3.05, 3.63) is 0 Å². The van der Waals surface area contributed by atoms with E-state index < -0.39 is 0 Å². The first-order valence-electron chi connectivity index (χ1n) is 6.69. The van der Waals surface area contributed by atoms with Gasteiger partial charge in [-0.15, -0.1) is 11.6 Å². The smallest absolute Gasteiger partial charge is 0.225 e. The number of carbonyl (C=O) groups is 1. The number of alkyl halides is 1. The van der Waals surface area contributed by atoms with Crippen molar-refractivity contribution in [2.75, 3.05) is 25.6 Å². The summed E-state index contributed by atoms with van der Waals surface area (Å²) in [6, 6.07) is 0. The lowest BCUT2D eigenvalue weighted by Crippen LogP contribution is -2.48. The van der Waals surface area contributed by atoms with Crippen molar-refractivity contribution in [1.29, 1.82) is 0 Å². The molecule has 0 aromatic carbocycles. The first-order valence-corrected chi connectivity index (χ1v) is 7.22. The highest BCUT2D eigenvalue weighted by Crippen LogP contribution is 2.18. The molecule has 1 heterocycles. The average molecular weight is 262 g/mol. The van der Waals surface area contributed by atoms with E-state index in [9.17, 15) is 4.79 Å². The summed E-state index contributed by atoms with van der Waals surface area (Å²) in [5.41, 5.74) is 0. The first-order chi connectivity index (χ1) is 8.22. The summed E-state index contributed by atoms with van der Waals surface area (Å²) in [6.45, 7) is 6.25. The lowest BCUT2D eigenvalue weighted by molar-refractivity contribution is -0.142. The minimum atomic E-state index is 0.0121. The van der Waals surface area contributed by atoms with E-state index in [1.54, 1.807) is 0 Å². The Morgan fingerprint density at radius 3 is 2.88 bits per heavy atom. The standard InChI is InChI=1S/C13H24ClNO2/c1-3-5-6-11(4-2)13(16)15-7-8-17-12(9-14)10-15/h11-12H,3-10H2,1-2H3. The Labute approximate surface area is 109 Å². The van der Waals surface area contributed by atoms with E-state index in [2.05, 4.69) is 13.8 Å². The van der Waals surface area contributed by atoms with Gasteiger partial charge in [-0.3, -0.25) is 4.79 Å². The molecule has 17 heavy (non-hydrogen) atoms. The Morgan fingerprint density at radius 1 is 1.53 bits per heavy atom. The predicted octanol–water partition coefficient (Wildman–Crippen LogP) is 2.67. The second-order valence-electron chi connectivity index (χ2n) is 4.68. The summed E-state index contributed by atoms with van der Waals surface area (Å²) < 4.78 is 5.48. The maximum Gasteiger partial charge on any atom is 0.225 e. The van der Waals surface area contributed by atoms with E-state index in [1.807, 2.05) is 4.90 Å². The first kappa shape index (κ1) is 14.8. The fourth-order valence-electron chi connectivity index (χ4n) is 2.22. The van der Waals surface area contributed by atoms with Crippen LogP contribution in [-0.4, -0.2) is 42.5 Å². The number of carbonyl (C=O) groups excluding carboxylic acids is 1. The van der Waals surface area contributed by atoms with E-state index in [0.717, 1.165) is 32.2 Å². The van der Waals surface area contributed by atoms with Crippen LogP contribution in [0.4, 0.5) is 0 Å². The Morgan fingerprint density at radius 2 is 2.29 bits per heavy atom. The fraction of sp³-hybridized carbons (Fsp3) is 0.923. The van der Waals surface area contributed by atoms with Crippen molar-refractivity contribution in [1.82, 2.24) is 4.90 Å². The number of ether oxygens (including phenoxy) is 1. The molecule has 2 atom stereocenters. The van der Waals surface area contributed by atoms with E-state index in [0.29, 0.717) is 24.9 Å². The van der Waals surface area contributed by atoms with E-state index in [4.69, 9.17) is 16.3 Å². The Balaban J connectivity index is 2.48. The van der Waals surface area contributed by atoms with Crippen LogP contribution in [0, 0.1) is 5.92 Å². The second-order valence-corrected chi connectivity index (χ2v) is 4.99. The molecule has 1 rings (SSSR count). The van der Waals surface area contributed by atoms with E-state index >= 15 is 0 Å². The highest BCUT2D eigenvalue weighted by Gasteiger charge is 2.27. The summed E-state index contributed by atoms with van der Waals surface area (Å²) >= 11 is 5.78. The second kappa shape index (κ2) is 7.93. The molecule has 3 nitrogen and oxygen atoms in total. The van der Waals surface area contributed by atoms with Gasteiger partial charge in [-0.1, -0.05) is 26.7 Å². The highest BCUT2D eigenvalue weighted by molar-refractivity contribution is 6.18. The van der Waals surface area contributed by atoms with E-state index in [-0.39, 0.29) is 12.0 Å². The molecule has 0 aliphatic carbocycles. The fourth-order valence-corrected chi connectivity index (χ4v) is 2.41. The summed E-state index contributed by atoms with van der Waals surface area (Å²) in [5.74, 6) is 0.943. The highest BCUT2D eigenvalue weighted by atomic mass is 35.5. The van der Waals surface area contributed by atoms with Crippen LogP contribution in [0.15, 0.2) is 0 Å². The van der Waals surface area contributed by atoms with Gasteiger partial charge in [-0.25, -0.2) is 0 Å². The van der Waals surface area contributed by atoms with Gasteiger partial charge in [0.15, 0.2) is 0 Å². The van der Waals surface area contributed by atoms with Crippen LogP contribution >= 0.6 is 11.6 Å². The molecule has 4 heteroatoms. The molecule has 0 aromatic heterocycles. The van der Waals surface area contributed by atoms with Crippen LogP contribution in [0.25, 0.3) is 0 Å². The molecule has 1 aliphatic heterocycles. The molecule has 0 aromatic rings. The van der Waals surface area contributed by atoms with E-state index in [1.165, 1.54) is 0 Å². The summed E-state index contributed by atoms with van der Waals surface area (Å²) in [5, 5.41) is 0. The molecule has 100 valence electrons. The molecule has 2 unspecified atom stereocenters. The number of halogens is 1. The minimum absolute atomic E-state index is 0.0121. The number of nitrogens with zero attached hydrogens (tertiary/aromatic N) is 1. The molecule has 0 bridgehead atoms. The Kier molecular flexibility index (Phi) is 6.90. The number of rotatable bonds is 6. The van der Waals surface area contributed by atoms with Crippen molar-refractivity contribution in [2.24, 2.45) is 5.92 Å². The SMILES string of the molecule is CCCCC(CC)C(=O)N1CCOC(CCl)C1. The van der Waals surface area contributed by atoms with Crippen LogP contribution in [0.5, 0.6) is 0 Å². The van der Waals surface area contributed by atoms with Gasteiger partial charge in [0.2, 0.25) is 5.91 Å². The Bertz CT molecular complexity index is 235. The van der Waals surface area contributed by atoms with Gasteiger partial charge in [0.25, 0.3) is 0 Å². The number of amides is 1.